The van der Waals surface area contributed by atoms with Crippen molar-refractivity contribution in [2.75, 3.05) is 5.32 Å². The van der Waals surface area contributed by atoms with Crippen LogP contribution in [0.25, 0.3) is 0 Å². The molecular formula is C42H38B2N4O8. The average Bonchev–Trinajstić information content (AvgIpc) is 3.79. The molecule has 56 heavy (non-hydrogen) atoms. The molecule has 0 saturated heterocycles. The summed E-state index contributed by atoms with van der Waals surface area (Å²) in [4.78, 5) is 25.0. The van der Waals surface area contributed by atoms with Crippen LogP contribution in [0.3, 0.4) is 0 Å². The average molecular weight is 748 g/mol. The molecule has 0 aromatic heterocycles. The first kappa shape index (κ1) is 39.2. The van der Waals surface area contributed by atoms with E-state index in [1.807, 2.05) is 127 Å². The molecule has 2 amide bonds. The monoisotopic (exact) mass is 748 g/mol. The van der Waals surface area contributed by atoms with Crippen LogP contribution in [0.5, 0.6) is 23.0 Å². The van der Waals surface area contributed by atoms with E-state index in [1.165, 1.54) is 6.08 Å². The third-order valence-electron chi connectivity index (χ3n) is 8.52. The first-order valence-corrected chi connectivity index (χ1v) is 17.7. The smallest absolute Gasteiger partial charge is 0.457 e. The second-order valence-electron chi connectivity index (χ2n) is 12.5. The van der Waals surface area contributed by atoms with Crippen LogP contribution < -0.4 is 36.8 Å². The molecule has 0 spiro atoms. The van der Waals surface area contributed by atoms with Gasteiger partial charge in [-0.05, 0) is 106 Å². The minimum absolute atomic E-state index is 0.255. The maximum Gasteiger partial charge on any atom is 0.491 e. The maximum absolute atomic E-state index is 11.9. The van der Waals surface area contributed by atoms with Gasteiger partial charge in [0.1, 0.15) is 23.0 Å². The summed E-state index contributed by atoms with van der Waals surface area (Å²) in [6, 6.07) is 44.2. The number of para-hydroxylation sites is 2. The lowest BCUT2D eigenvalue weighted by Gasteiger charge is -2.10. The number of benzene rings is 6. The van der Waals surface area contributed by atoms with E-state index in [-0.39, 0.29) is 6.03 Å². The molecule has 8 rings (SSSR count). The van der Waals surface area contributed by atoms with Gasteiger partial charge in [0.2, 0.25) is 6.08 Å². The van der Waals surface area contributed by atoms with E-state index in [2.05, 4.69) is 15.6 Å². The van der Waals surface area contributed by atoms with Crippen molar-refractivity contribution in [1.29, 1.82) is 0 Å². The molecule has 2 heterocycles. The molecule has 2 aliphatic rings. The number of nitrogens with two attached hydrogens (primary N) is 1. The van der Waals surface area contributed by atoms with Gasteiger partial charge in [0.15, 0.2) is 0 Å². The summed E-state index contributed by atoms with van der Waals surface area (Å²) in [5.74, 6) is 2.87. The zero-order valence-electron chi connectivity index (χ0n) is 30.2. The molecule has 0 radical (unpaired) electrons. The lowest BCUT2D eigenvalue weighted by atomic mass is 9.80. The highest BCUT2D eigenvalue weighted by molar-refractivity contribution is 6.62. The third kappa shape index (κ3) is 11.3. The highest BCUT2D eigenvalue weighted by atomic mass is 16.5. The highest BCUT2D eigenvalue weighted by Gasteiger charge is 2.28. The Balaban J connectivity index is 0.000000163. The summed E-state index contributed by atoms with van der Waals surface area (Å²) < 4.78 is 22.0. The Morgan fingerprint density at radius 1 is 0.679 bits per heavy atom. The van der Waals surface area contributed by atoms with E-state index in [4.69, 9.17) is 24.5 Å². The zero-order valence-corrected chi connectivity index (χ0v) is 30.2. The molecule has 280 valence electrons. The van der Waals surface area contributed by atoms with Gasteiger partial charge in [0.05, 0.1) is 18.9 Å². The van der Waals surface area contributed by atoms with Crippen molar-refractivity contribution < 1.29 is 38.4 Å². The van der Waals surface area contributed by atoms with Crippen molar-refractivity contribution in [3.63, 3.8) is 0 Å². The predicted molar refractivity (Wildman–Crippen MR) is 215 cm³/mol. The van der Waals surface area contributed by atoms with Crippen molar-refractivity contribution in [2.24, 2.45) is 10.7 Å². The van der Waals surface area contributed by atoms with E-state index < -0.39 is 14.2 Å². The molecule has 6 N–H and O–H groups in total. The number of hydrogen-bond acceptors (Lipinski definition) is 10. The van der Waals surface area contributed by atoms with Gasteiger partial charge in [-0.3, -0.25) is 0 Å². The molecule has 6 aromatic rings. The number of isocyanates is 1. The molecule has 2 aliphatic heterocycles. The lowest BCUT2D eigenvalue weighted by Crippen LogP contribution is -2.28. The molecule has 0 bridgehead atoms. The van der Waals surface area contributed by atoms with Crippen LogP contribution in [0, 0.1) is 0 Å². The van der Waals surface area contributed by atoms with Crippen LogP contribution in [0.4, 0.5) is 16.2 Å². The van der Waals surface area contributed by atoms with Gasteiger partial charge in [0, 0.05) is 18.8 Å². The number of fused-ring (bicyclic) bond motifs is 2. The van der Waals surface area contributed by atoms with Crippen molar-refractivity contribution in [3.8, 4) is 23.0 Å². The quantitative estimate of drug-likeness (QED) is 0.0693. The number of anilines is 1. The third-order valence-corrected chi connectivity index (χ3v) is 8.52. The maximum atomic E-state index is 11.9. The van der Waals surface area contributed by atoms with Crippen molar-refractivity contribution in [3.05, 3.63) is 168 Å². The largest absolute Gasteiger partial charge is 0.491 e. The van der Waals surface area contributed by atoms with Crippen LogP contribution >= 0.6 is 0 Å². The Labute approximate surface area is 324 Å². The zero-order chi connectivity index (χ0) is 39.1. The number of amides is 2. The summed E-state index contributed by atoms with van der Waals surface area (Å²) >= 11 is 0. The van der Waals surface area contributed by atoms with Crippen molar-refractivity contribution in [1.82, 2.24) is 5.32 Å². The van der Waals surface area contributed by atoms with Gasteiger partial charge in [-0.1, -0.05) is 72.8 Å². The normalized spacial score (nSPS) is 12.1. The van der Waals surface area contributed by atoms with E-state index in [9.17, 15) is 19.6 Å². The fourth-order valence-corrected chi connectivity index (χ4v) is 5.62. The topological polar surface area (TPSA) is 174 Å². The fraction of sp³-hybridized carbons (Fsp3) is 0.0952. The standard InChI is InChI=1S/C21H19BN2O4.C14H14BNO3.C7H5NO/c25-21(24-17-4-2-1-3-5-17)23-13-15-6-8-18(9-7-15)28-19-10-11-20-16(12-19)14-27-22(20)26;16-8-10-1-3-12(4-2-10)19-13-5-6-14-11(7-13)9-18-15(14)17;9-6-8-7-4-2-1-3-5-7/h1-12,26H,13-14H2,(H2,23,24,25);1-7,17H,8-9,16H2;1-5H. The van der Waals surface area contributed by atoms with Gasteiger partial charge in [0.25, 0.3) is 0 Å². The van der Waals surface area contributed by atoms with Gasteiger partial charge in [-0.25, -0.2) is 9.59 Å². The molecule has 0 saturated carbocycles. The molecule has 6 aromatic carbocycles. The van der Waals surface area contributed by atoms with Crippen molar-refractivity contribution >= 4 is 48.6 Å². The molecular weight excluding hydrogens is 710 g/mol. The molecule has 12 nitrogen and oxygen atoms in total. The number of urea groups is 1. The van der Waals surface area contributed by atoms with Crippen LogP contribution in [0.2, 0.25) is 0 Å². The Hall–Kier alpha value is -6.50. The summed E-state index contributed by atoms with van der Waals surface area (Å²) in [7, 11) is -1.66. The van der Waals surface area contributed by atoms with E-state index >= 15 is 0 Å². The van der Waals surface area contributed by atoms with Gasteiger partial charge < -0.3 is 45.2 Å². The molecule has 0 unspecified atom stereocenters. The lowest BCUT2D eigenvalue weighted by molar-refractivity contribution is 0.251. The molecule has 0 atom stereocenters. The van der Waals surface area contributed by atoms with E-state index in [1.54, 1.807) is 18.2 Å². The number of carbonyl (C=O) groups is 1. The van der Waals surface area contributed by atoms with Crippen LogP contribution in [0.15, 0.2) is 151 Å². The predicted octanol–water partition coefficient (Wildman–Crippen LogP) is 5.83. The number of carbonyl (C=O) groups excluding carboxylic acids is 2. The number of rotatable bonds is 9. The first-order valence-electron chi connectivity index (χ1n) is 17.7. The summed E-state index contributed by atoms with van der Waals surface area (Å²) in [5.41, 5.74) is 12.4. The molecule has 0 aliphatic carbocycles. The number of aliphatic imine (C=N–C) groups is 1. The number of nitrogens with one attached hydrogen (secondary N) is 2. The Morgan fingerprint density at radius 3 is 1.66 bits per heavy atom. The Morgan fingerprint density at radius 2 is 1.16 bits per heavy atom. The van der Waals surface area contributed by atoms with Gasteiger partial charge >= 0.3 is 20.3 Å². The number of hydrogen-bond donors (Lipinski definition) is 5. The Kier molecular flexibility index (Phi) is 13.8. The second kappa shape index (κ2) is 19.7. The van der Waals surface area contributed by atoms with Crippen LogP contribution in [-0.2, 0) is 40.4 Å². The number of ether oxygens (including phenoxy) is 2. The van der Waals surface area contributed by atoms with E-state index in [0.717, 1.165) is 50.4 Å². The Bertz CT molecular complexity index is 2240. The number of nitrogens with zero attached hydrogens (tertiary/aromatic N) is 1. The fourth-order valence-electron chi connectivity index (χ4n) is 5.62. The summed E-state index contributed by atoms with van der Waals surface area (Å²) in [5, 5.41) is 24.8. The minimum atomic E-state index is -0.852. The van der Waals surface area contributed by atoms with Crippen molar-refractivity contribution in [2.45, 2.75) is 26.3 Å². The van der Waals surface area contributed by atoms with Gasteiger partial charge in [-0.2, -0.15) is 4.99 Å². The summed E-state index contributed by atoms with van der Waals surface area (Å²) in [6.45, 7) is 1.73. The molecule has 14 heteroatoms. The van der Waals surface area contributed by atoms with Gasteiger partial charge in [-0.15, -0.1) is 0 Å². The van der Waals surface area contributed by atoms with Crippen LogP contribution in [0.1, 0.15) is 22.3 Å². The SMILES string of the molecule is NCc1ccc(Oc2ccc3c(c2)COB3O)cc1.O=C(NCc1ccc(Oc2ccc3c(c2)COB3O)cc1)Nc1ccccc1.O=C=Nc1ccccc1. The van der Waals surface area contributed by atoms with Crippen LogP contribution in [-0.4, -0.2) is 36.4 Å². The summed E-state index contributed by atoms with van der Waals surface area (Å²) in [6.07, 6.45) is 1.46. The molecule has 0 fully saturated rings. The second-order valence-corrected chi connectivity index (χ2v) is 12.5. The highest BCUT2D eigenvalue weighted by Crippen LogP contribution is 2.25. The minimum Gasteiger partial charge on any atom is -0.457 e. The van der Waals surface area contributed by atoms with E-state index in [0.29, 0.717) is 43.5 Å². The first-order chi connectivity index (χ1) is 27.4.